The van der Waals surface area contributed by atoms with Crippen LogP contribution < -0.4 is 10.6 Å². The van der Waals surface area contributed by atoms with Gasteiger partial charge in [0.05, 0.1) is 22.7 Å². The van der Waals surface area contributed by atoms with Gasteiger partial charge in [0.15, 0.2) is 5.69 Å². The van der Waals surface area contributed by atoms with Crippen molar-refractivity contribution in [1.29, 1.82) is 0 Å². The van der Waals surface area contributed by atoms with Gasteiger partial charge in [-0.1, -0.05) is 36.7 Å². The van der Waals surface area contributed by atoms with E-state index < -0.39 is 42.1 Å². The highest BCUT2D eigenvalue weighted by molar-refractivity contribution is 6.35. The SMILES string of the molecule is CCC(C)NC(=O)c1c(Cl)cccc1C(=O)Nc1ccc(Cn2nc(C(F)(F)F)cc2C(F)(F)F)cc1C. The molecule has 0 aliphatic rings. The van der Waals surface area contributed by atoms with Gasteiger partial charge in [-0.2, -0.15) is 31.4 Å². The first-order chi connectivity index (χ1) is 17.6. The van der Waals surface area contributed by atoms with Crippen molar-refractivity contribution in [2.75, 3.05) is 5.32 Å². The number of benzene rings is 2. The lowest BCUT2D eigenvalue weighted by atomic mass is 10.0. The Balaban J connectivity index is 1.86. The van der Waals surface area contributed by atoms with Crippen LogP contribution in [0, 0.1) is 6.92 Å². The Hall–Kier alpha value is -3.54. The molecule has 1 heterocycles. The van der Waals surface area contributed by atoms with Crippen LogP contribution in [0.25, 0.3) is 0 Å². The number of nitrogens with zero attached hydrogens (tertiary/aromatic N) is 2. The maximum absolute atomic E-state index is 13.3. The molecule has 3 aromatic rings. The average Bonchev–Trinajstić information content (AvgIpc) is 3.25. The lowest BCUT2D eigenvalue weighted by Gasteiger charge is -2.16. The molecule has 0 spiro atoms. The summed E-state index contributed by atoms with van der Waals surface area (Å²) in [7, 11) is 0. The molecule has 6 nitrogen and oxygen atoms in total. The number of hydrogen-bond acceptors (Lipinski definition) is 3. The van der Waals surface area contributed by atoms with E-state index in [-0.39, 0.29) is 44.2 Å². The van der Waals surface area contributed by atoms with E-state index in [4.69, 9.17) is 11.6 Å². The number of aryl methyl sites for hydroxylation is 1. The summed E-state index contributed by atoms with van der Waals surface area (Å²) in [4.78, 5) is 25.8. The van der Waals surface area contributed by atoms with Crippen LogP contribution in [0.3, 0.4) is 0 Å². The highest BCUT2D eigenvalue weighted by Gasteiger charge is 2.41. The fourth-order valence-corrected chi connectivity index (χ4v) is 3.83. The fourth-order valence-electron chi connectivity index (χ4n) is 3.57. The summed E-state index contributed by atoms with van der Waals surface area (Å²) >= 11 is 6.20. The molecule has 0 fully saturated rings. The molecule has 1 atom stereocenters. The maximum atomic E-state index is 13.3. The van der Waals surface area contributed by atoms with Gasteiger partial charge < -0.3 is 10.6 Å². The molecular formula is C25H23ClF6N4O2. The van der Waals surface area contributed by atoms with Gasteiger partial charge >= 0.3 is 12.4 Å². The second-order valence-corrected chi connectivity index (χ2v) is 9.02. The average molecular weight is 561 g/mol. The largest absolute Gasteiger partial charge is 0.435 e. The number of amides is 2. The lowest BCUT2D eigenvalue weighted by molar-refractivity contribution is -0.144. The Kier molecular flexibility index (Phi) is 8.45. The number of alkyl halides is 6. The van der Waals surface area contributed by atoms with Crippen molar-refractivity contribution in [2.45, 2.75) is 52.1 Å². The highest BCUT2D eigenvalue weighted by atomic mass is 35.5. The van der Waals surface area contributed by atoms with Gasteiger partial charge in [0, 0.05) is 17.8 Å². The number of anilines is 1. The summed E-state index contributed by atoms with van der Waals surface area (Å²) in [5.74, 6) is -1.18. The summed E-state index contributed by atoms with van der Waals surface area (Å²) < 4.78 is 79.0. The molecule has 0 radical (unpaired) electrons. The van der Waals surface area contributed by atoms with Crippen molar-refractivity contribution >= 4 is 29.1 Å². The standard InChI is InChI=1S/C25H23ClF6N4O2/c1-4-14(3)33-23(38)21-16(6-5-7-17(21)26)22(37)34-18-9-8-15(10-13(18)2)12-36-20(25(30,31)32)11-19(35-36)24(27,28)29/h5-11,14H,4,12H2,1-3H3,(H,33,38)(H,34,37). The van der Waals surface area contributed by atoms with Crippen LogP contribution in [0.2, 0.25) is 5.02 Å². The van der Waals surface area contributed by atoms with Crippen LogP contribution in [-0.2, 0) is 18.9 Å². The van der Waals surface area contributed by atoms with Crippen molar-refractivity contribution in [3.05, 3.63) is 81.1 Å². The number of aromatic nitrogens is 2. The Morgan fingerprint density at radius 2 is 1.71 bits per heavy atom. The van der Waals surface area contributed by atoms with Crippen molar-refractivity contribution in [3.8, 4) is 0 Å². The number of halogens is 7. The molecule has 3 rings (SSSR count). The van der Waals surface area contributed by atoms with Crippen LogP contribution in [0.15, 0.2) is 42.5 Å². The first-order valence-corrected chi connectivity index (χ1v) is 11.7. The summed E-state index contributed by atoms with van der Waals surface area (Å²) in [5.41, 5.74) is -2.28. The van der Waals surface area contributed by atoms with E-state index in [0.717, 1.165) is 0 Å². The van der Waals surface area contributed by atoms with Crippen LogP contribution in [-0.4, -0.2) is 27.6 Å². The molecular weight excluding hydrogens is 538 g/mol. The minimum absolute atomic E-state index is 0.00724. The molecule has 2 aromatic carbocycles. The van der Waals surface area contributed by atoms with E-state index in [2.05, 4.69) is 15.7 Å². The van der Waals surface area contributed by atoms with E-state index in [0.29, 0.717) is 12.0 Å². The van der Waals surface area contributed by atoms with Gasteiger partial charge in [-0.15, -0.1) is 0 Å². The zero-order valence-corrected chi connectivity index (χ0v) is 21.1. The Labute approximate surface area is 219 Å². The lowest BCUT2D eigenvalue weighted by Crippen LogP contribution is -2.33. The van der Waals surface area contributed by atoms with Gasteiger partial charge in [0.25, 0.3) is 11.8 Å². The minimum atomic E-state index is -5.05. The van der Waals surface area contributed by atoms with Gasteiger partial charge in [-0.25, -0.2) is 0 Å². The highest BCUT2D eigenvalue weighted by Crippen LogP contribution is 2.35. The molecule has 2 amide bonds. The number of carbonyl (C=O) groups is 2. The van der Waals surface area contributed by atoms with Gasteiger partial charge in [0.1, 0.15) is 5.69 Å². The van der Waals surface area contributed by atoms with Gasteiger partial charge in [-0.3, -0.25) is 14.3 Å². The van der Waals surface area contributed by atoms with Gasteiger partial charge in [-0.05, 0) is 49.6 Å². The molecule has 13 heteroatoms. The van der Waals surface area contributed by atoms with E-state index in [1.54, 1.807) is 13.8 Å². The second-order valence-electron chi connectivity index (χ2n) is 8.62. The monoisotopic (exact) mass is 560 g/mol. The van der Waals surface area contributed by atoms with E-state index in [1.807, 2.05) is 6.92 Å². The molecule has 0 aliphatic carbocycles. The quantitative estimate of drug-likeness (QED) is 0.315. The van der Waals surface area contributed by atoms with E-state index >= 15 is 0 Å². The molecule has 204 valence electrons. The molecule has 2 N–H and O–H groups in total. The maximum Gasteiger partial charge on any atom is 0.435 e. The first kappa shape index (κ1) is 29.0. The zero-order valence-electron chi connectivity index (χ0n) is 20.4. The predicted octanol–water partition coefficient (Wildman–Crippen LogP) is 6.71. The number of rotatable bonds is 7. The normalized spacial score (nSPS) is 12.8. The zero-order chi connectivity index (χ0) is 28.4. The third-order valence-corrected chi connectivity index (χ3v) is 6.02. The molecule has 0 saturated heterocycles. The first-order valence-electron chi connectivity index (χ1n) is 11.3. The molecule has 38 heavy (non-hydrogen) atoms. The smallest absolute Gasteiger partial charge is 0.350 e. The van der Waals surface area contributed by atoms with E-state index in [1.165, 1.54) is 36.4 Å². The van der Waals surface area contributed by atoms with Crippen LogP contribution in [0.5, 0.6) is 0 Å². The van der Waals surface area contributed by atoms with Crippen molar-refractivity contribution in [2.24, 2.45) is 0 Å². The number of nitrogens with one attached hydrogen (secondary N) is 2. The van der Waals surface area contributed by atoms with Crippen molar-refractivity contribution < 1.29 is 35.9 Å². The molecule has 0 aliphatic heterocycles. The summed E-state index contributed by atoms with van der Waals surface area (Å²) in [6.45, 7) is 4.64. The predicted molar refractivity (Wildman–Crippen MR) is 129 cm³/mol. The Bertz CT molecular complexity index is 1350. The number of hydrogen-bond donors (Lipinski definition) is 2. The molecule has 0 bridgehead atoms. The van der Waals surface area contributed by atoms with Crippen LogP contribution in [0.4, 0.5) is 32.0 Å². The fraction of sp³-hybridized carbons (Fsp3) is 0.320. The number of carbonyl (C=O) groups excluding carboxylic acids is 2. The topological polar surface area (TPSA) is 76.0 Å². The molecule has 0 saturated carbocycles. The summed E-state index contributed by atoms with van der Waals surface area (Å²) in [6, 6.07) is 8.36. The van der Waals surface area contributed by atoms with Crippen molar-refractivity contribution in [3.63, 3.8) is 0 Å². The third kappa shape index (κ3) is 6.66. The molecule has 1 unspecified atom stereocenters. The third-order valence-electron chi connectivity index (χ3n) is 5.71. The second kappa shape index (κ2) is 11.1. The van der Waals surface area contributed by atoms with Crippen molar-refractivity contribution in [1.82, 2.24) is 15.1 Å². The van der Waals surface area contributed by atoms with Gasteiger partial charge in [0.2, 0.25) is 0 Å². The van der Waals surface area contributed by atoms with Crippen LogP contribution >= 0.6 is 11.6 Å². The summed E-state index contributed by atoms with van der Waals surface area (Å²) in [6.07, 6.45) is -9.43. The Morgan fingerprint density at radius 1 is 1.03 bits per heavy atom. The minimum Gasteiger partial charge on any atom is -0.350 e. The molecule has 1 aromatic heterocycles. The van der Waals surface area contributed by atoms with E-state index in [9.17, 15) is 35.9 Å². The Morgan fingerprint density at radius 3 is 2.29 bits per heavy atom. The summed E-state index contributed by atoms with van der Waals surface area (Å²) in [5, 5.41) is 8.56. The van der Waals surface area contributed by atoms with Crippen LogP contribution in [0.1, 0.15) is 63.5 Å².